The molecule has 1 fully saturated rings. The molecule has 11 amide bonds. The van der Waals surface area contributed by atoms with Crippen LogP contribution in [0.15, 0.2) is 24.3 Å². The highest BCUT2D eigenvalue weighted by Crippen LogP contribution is 2.28. The van der Waals surface area contributed by atoms with Crippen LogP contribution in [0.5, 0.6) is 0 Å². The van der Waals surface area contributed by atoms with Crippen LogP contribution in [0, 0.1) is 41.4 Å². The Hall–Kier alpha value is -7.67. The van der Waals surface area contributed by atoms with Gasteiger partial charge in [0.15, 0.2) is 0 Å². The minimum atomic E-state index is -1.67. The van der Waals surface area contributed by atoms with Gasteiger partial charge in [-0.05, 0) is 124 Å². The van der Waals surface area contributed by atoms with Gasteiger partial charge in [-0.25, -0.2) is 4.79 Å². The Bertz CT molecular complexity index is 2880. The zero-order valence-electron chi connectivity index (χ0n) is 62.8. The fourth-order valence-corrected chi connectivity index (χ4v) is 12.3. The number of rotatable bonds is 19. The summed E-state index contributed by atoms with van der Waals surface area (Å²) in [6.07, 6.45) is 0.384. The first-order chi connectivity index (χ1) is 45.0. The van der Waals surface area contributed by atoms with Crippen molar-refractivity contribution in [3.05, 3.63) is 35.4 Å². The molecule has 1 aliphatic rings. The van der Waals surface area contributed by atoms with Gasteiger partial charge < -0.3 is 65.0 Å². The van der Waals surface area contributed by atoms with Crippen molar-refractivity contribution in [2.45, 2.75) is 236 Å². The van der Waals surface area contributed by atoms with E-state index in [1.165, 1.54) is 94.8 Å². The maximum atomic E-state index is 15.6. The molecule has 1 aromatic rings. The molecule has 0 unspecified atom stereocenters. The van der Waals surface area contributed by atoms with Crippen molar-refractivity contribution in [2.75, 3.05) is 63.0 Å². The summed E-state index contributed by atoms with van der Waals surface area (Å²) in [5.41, 5.74) is 1.23. The number of carbonyl (C=O) groups is 13. The Morgan fingerprint density at radius 2 is 0.938 bits per heavy atom. The van der Waals surface area contributed by atoms with Crippen LogP contribution in [-0.4, -0.2) is 241 Å². The van der Waals surface area contributed by atoms with E-state index >= 15 is 19.2 Å². The lowest BCUT2D eigenvalue weighted by atomic mass is 9.89. The van der Waals surface area contributed by atoms with Crippen LogP contribution in [0.3, 0.4) is 0 Å². The van der Waals surface area contributed by atoms with Crippen LogP contribution in [0.25, 0.3) is 0 Å². The van der Waals surface area contributed by atoms with Gasteiger partial charge in [-0.2, -0.15) is 0 Å². The molecule has 1 aliphatic heterocycles. The quantitative estimate of drug-likeness (QED) is 0.137. The third-order valence-corrected chi connectivity index (χ3v) is 18.1. The number of aryl methyl sites for hydroxylation is 1. The molecular weight excluding hydrogens is 1250 g/mol. The minimum absolute atomic E-state index is 0.0343. The SMILES string of the molecule is CC[C@@H]1NC(=O)[C@H]([C@H](OC(C)=O)[C@H](C)CCCc2ccc(C(=O)OC)cc2)N(C)C(=O)[C@H](C(C)C)N(C)C(=O)[C@H](CC(C)C)N(C)C(=O)[C@H](CC(C)C)N(C)C(=O)[C@H](C)NC(=O)[C@@H](C)NC(=O)[C@@H](CC(C)C)N(C)C(=O)[C@@H](C(C)C)NC(=O)[C@H](CC(C)C)N(C)C(=O)CN(C)C1=O. The molecule has 26 nitrogen and oxygen atoms in total. The molecule has 1 aromatic carbocycles. The molecular formula is C71H119N11O15. The van der Waals surface area contributed by atoms with E-state index in [0.29, 0.717) is 24.8 Å². The van der Waals surface area contributed by atoms with Gasteiger partial charge in [0.25, 0.3) is 0 Å². The van der Waals surface area contributed by atoms with E-state index in [2.05, 4.69) is 21.3 Å². The number of carbonyl (C=O) groups excluding carboxylic acids is 13. The molecule has 12 atom stereocenters. The molecule has 97 heavy (non-hydrogen) atoms. The first-order valence-corrected chi connectivity index (χ1v) is 34.4. The van der Waals surface area contributed by atoms with Gasteiger partial charge in [-0.15, -0.1) is 0 Å². The van der Waals surface area contributed by atoms with E-state index in [1.54, 1.807) is 65.8 Å². The molecule has 0 saturated carbocycles. The van der Waals surface area contributed by atoms with Crippen LogP contribution in [0.2, 0.25) is 0 Å². The summed E-state index contributed by atoms with van der Waals surface area (Å²) in [7, 11) is 11.1. The summed E-state index contributed by atoms with van der Waals surface area (Å²) in [5.74, 6) is -11.6. The summed E-state index contributed by atoms with van der Waals surface area (Å²) >= 11 is 0. The van der Waals surface area contributed by atoms with Gasteiger partial charge in [-0.1, -0.05) is 109 Å². The molecule has 1 saturated heterocycles. The van der Waals surface area contributed by atoms with Crippen molar-refractivity contribution in [3.8, 4) is 0 Å². The summed E-state index contributed by atoms with van der Waals surface area (Å²) in [5, 5.41) is 11.1. The fraction of sp³-hybridized carbons (Fsp3) is 0.732. The van der Waals surface area contributed by atoms with Crippen LogP contribution in [0.1, 0.15) is 179 Å². The molecule has 0 bridgehead atoms. The van der Waals surface area contributed by atoms with Crippen molar-refractivity contribution in [1.29, 1.82) is 0 Å². The van der Waals surface area contributed by atoms with Crippen LogP contribution < -0.4 is 21.3 Å². The highest BCUT2D eigenvalue weighted by Gasteiger charge is 2.47. The lowest BCUT2D eigenvalue weighted by molar-refractivity contribution is -0.164. The Morgan fingerprint density at radius 1 is 0.495 bits per heavy atom. The molecule has 4 N–H and O–H groups in total. The van der Waals surface area contributed by atoms with Crippen LogP contribution >= 0.6 is 0 Å². The number of amides is 11. The van der Waals surface area contributed by atoms with E-state index in [4.69, 9.17) is 9.47 Å². The molecule has 2 rings (SSSR count). The summed E-state index contributed by atoms with van der Waals surface area (Å²) in [6.45, 7) is 28.5. The molecule has 0 radical (unpaired) electrons. The Morgan fingerprint density at radius 3 is 1.40 bits per heavy atom. The average Bonchev–Trinajstić information content (AvgIpc) is 0.803. The normalized spacial score (nSPS) is 24.8. The van der Waals surface area contributed by atoms with E-state index < -0.39 is 168 Å². The first kappa shape index (κ1) is 85.4. The molecule has 0 spiro atoms. The number of ether oxygens (including phenoxy) is 2. The Kier molecular flexibility index (Phi) is 34.4. The van der Waals surface area contributed by atoms with E-state index in [1.807, 2.05) is 55.4 Å². The predicted octanol–water partition coefficient (Wildman–Crippen LogP) is 4.68. The fourth-order valence-electron chi connectivity index (χ4n) is 12.3. The number of nitrogens with zero attached hydrogens (tertiary/aromatic N) is 7. The second kappa shape index (κ2) is 39.1. The monoisotopic (exact) mass is 1370 g/mol. The second-order valence-corrected chi connectivity index (χ2v) is 29.0. The van der Waals surface area contributed by atoms with Gasteiger partial charge >= 0.3 is 11.9 Å². The zero-order chi connectivity index (χ0) is 74.5. The highest BCUT2D eigenvalue weighted by molar-refractivity contribution is 6.00. The lowest BCUT2D eigenvalue weighted by Crippen LogP contribution is -2.64. The third kappa shape index (κ3) is 24.4. The minimum Gasteiger partial charge on any atom is -0.465 e. The highest BCUT2D eigenvalue weighted by atomic mass is 16.5. The van der Waals surface area contributed by atoms with Gasteiger partial charge in [0.2, 0.25) is 65.0 Å². The maximum absolute atomic E-state index is 15.6. The van der Waals surface area contributed by atoms with E-state index in [-0.39, 0.29) is 55.8 Å². The number of benzene rings is 1. The Balaban J connectivity index is 3.06. The number of likely N-dealkylation sites (N-methyl/N-ethyl adjacent to an activating group) is 7. The van der Waals surface area contributed by atoms with Crippen LogP contribution in [0.4, 0.5) is 0 Å². The smallest absolute Gasteiger partial charge is 0.337 e. The second-order valence-electron chi connectivity index (χ2n) is 29.0. The zero-order valence-corrected chi connectivity index (χ0v) is 62.8. The molecule has 0 aromatic heterocycles. The van der Waals surface area contributed by atoms with Crippen molar-refractivity contribution >= 4 is 76.9 Å². The number of esters is 2. The van der Waals surface area contributed by atoms with Crippen molar-refractivity contribution in [2.24, 2.45) is 41.4 Å². The number of nitrogens with one attached hydrogen (secondary N) is 4. The third-order valence-electron chi connectivity index (χ3n) is 18.1. The Labute approximate surface area is 577 Å². The predicted molar refractivity (Wildman–Crippen MR) is 369 cm³/mol. The van der Waals surface area contributed by atoms with Crippen molar-refractivity contribution in [1.82, 2.24) is 55.6 Å². The summed E-state index contributed by atoms with van der Waals surface area (Å²) in [6, 6.07) is -5.94. The van der Waals surface area contributed by atoms with Crippen molar-refractivity contribution in [3.63, 3.8) is 0 Å². The van der Waals surface area contributed by atoms with Crippen molar-refractivity contribution < 1.29 is 71.8 Å². The number of methoxy groups -OCH3 is 1. The van der Waals surface area contributed by atoms with Crippen LogP contribution in [-0.2, 0) is 73.4 Å². The largest absolute Gasteiger partial charge is 0.465 e. The summed E-state index contributed by atoms with van der Waals surface area (Å²) < 4.78 is 10.9. The van der Waals surface area contributed by atoms with Gasteiger partial charge in [0.05, 0.1) is 19.2 Å². The van der Waals surface area contributed by atoms with Gasteiger partial charge in [-0.3, -0.25) is 57.5 Å². The average molecular weight is 1370 g/mol. The maximum Gasteiger partial charge on any atom is 0.337 e. The van der Waals surface area contributed by atoms with Gasteiger partial charge in [0.1, 0.15) is 66.5 Å². The molecule has 0 aliphatic carbocycles. The topological polar surface area (TPSA) is 311 Å². The van der Waals surface area contributed by atoms with E-state index in [9.17, 15) is 43.2 Å². The lowest BCUT2D eigenvalue weighted by Gasteiger charge is -2.42. The number of hydrogen-bond acceptors (Lipinski definition) is 15. The van der Waals surface area contributed by atoms with Gasteiger partial charge in [0, 0.05) is 56.3 Å². The standard InChI is InChI=1S/C71H119N11O15/c1-26-51-66(90)76(18)38-56(84)77(19)52(34-39(2)3)63(87)75-57(43(10)11)69(93)78(20)53(35-40(4)5)62(86)72-46(15)61(85)73-47(16)65(89)79(21)54(36-41(6)7)67(91)80(22)55(37-42(8)9)68(92)81(23)58(44(12)13)70(94)82(24)59(64(88)74-51)60(97-48(17)83)45(14)28-27-29-49-30-32-50(33-31-49)71(95)96-25/h30-33,39-47,51-55,57-60H,26-29,34-38H2,1-25H3,(H,72,86)(H,73,85)(H,74,88)(H,75,87)/t45-,46-,47+,51+,52+,53-,54+,55+,57-,58+,59+,60-/m1/s1. The summed E-state index contributed by atoms with van der Waals surface area (Å²) in [4.78, 5) is 197. The first-order valence-electron chi connectivity index (χ1n) is 34.4. The molecule has 26 heteroatoms. The molecule has 1 heterocycles. The van der Waals surface area contributed by atoms with E-state index in [0.717, 1.165) is 22.3 Å². The molecule has 548 valence electrons. The number of hydrogen-bond donors (Lipinski definition) is 4.